The number of rotatable bonds is 1. The summed E-state index contributed by atoms with van der Waals surface area (Å²) in [5.74, 6) is 0. The Bertz CT molecular complexity index is 532. The molecule has 0 aromatic heterocycles. The Morgan fingerprint density at radius 3 is 2.81 bits per heavy atom. The lowest BCUT2D eigenvalue weighted by atomic mass is 9.90. The quantitative estimate of drug-likeness (QED) is 0.681. The summed E-state index contributed by atoms with van der Waals surface area (Å²) < 4.78 is 0. The van der Waals surface area contributed by atoms with Crippen molar-refractivity contribution in [3.8, 4) is 0 Å². The third kappa shape index (κ3) is 1.35. The van der Waals surface area contributed by atoms with Crippen LogP contribution in [0.3, 0.4) is 0 Å². The van der Waals surface area contributed by atoms with Gasteiger partial charge in [0.05, 0.1) is 0 Å². The van der Waals surface area contributed by atoms with Crippen LogP contribution in [0, 0.1) is 5.41 Å². The van der Waals surface area contributed by atoms with E-state index in [1.165, 1.54) is 27.8 Å². The lowest BCUT2D eigenvalue weighted by Crippen LogP contribution is -2.02. The third-order valence-corrected chi connectivity index (χ3v) is 3.59. The van der Waals surface area contributed by atoms with E-state index in [1.54, 1.807) is 0 Å². The average Bonchev–Trinajstić information content (AvgIpc) is 2.66. The lowest BCUT2D eigenvalue weighted by molar-refractivity contribution is 1.00. The summed E-state index contributed by atoms with van der Waals surface area (Å²) in [6.45, 7) is 1.89. The first-order chi connectivity index (χ1) is 7.75. The Kier molecular flexibility index (Phi) is 2.06. The van der Waals surface area contributed by atoms with E-state index in [1.807, 2.05) is 6.92 Å². The molecule has 2 aliphatic carbocycles. The van der Waals surface area contributed by atoms with Crippen LogP contribution in [0.15, 0.2) is 41.5 Å². The van der Waals surface area contributed by atoms with Crippen molar-refractivity contribution in [1.82, 2.24) is 0 Å². The second-order valence-corrected chi connectivity index (χ2v) is 4.63. The first kappa shape index (κ1) is 9.59. The molecule has 0 atom stereocenters. The Morgan fingerprint density at radius 1 is 1.19 bits per heavy atom. The highest BCUT2D eigenvalue weighted by Gasteiger charge is 2.23. The molecule has 1 nitrogen and oxygen atoms in total. The van der Waals surface area contributed by atoms with Gasteiger partial charge in [0.15, 0.2) is 0 Å². The van der Waals surface area contributed by atoms with Crippen molar-refractivity contribution in [1.29, 1.82) is 5.41 Å². The van der Waals surface area contributed by atoms with Crippen LogP contribution in [-0.2, 0) is 6.42 Å². The first-order valence-electron chi connectivity index (χ1n) is 5.82. The molecule has 0 radical (unpaired) electrons. The maximum absolute atomic E-state index is 7.71. The number of hydrogen-bond acceptors (Lipinski definition) is 1. The van der Waals surface area contributed by atoms with Crippen molar-refractivity contribution in [3.63, 3.8) is 0 Å². The summed E-state index contributed by atoms with van der Waals surface area (Å²) in [5.41, 5.74) is 7.78. The molecule has 0 aliphatic heterocycles. The Hall–Kier alpha value is -1.63. The van der Waals surface area contributed by atoms with Crippen LogP contribution in [0.5, 0.6) is 0 Å². The SMILES string of the molecule is CC(=N)C1=CC2=C(CC1)c1ccccc1C2. The highest BCUT2D eigenvalue weighted by molar-refractivity contribution is 5.98. The van der Waals surface area contributed by atoms with Crippen molar-refractivity contribution < 1.29 is 0 Å². The molecule has 0 spiro atoms. The predicted molar refractivity (Wildman–Crippen MR) is 67.8 cm³/mol. The maximum Gasteiger partial charge on any atom is 0.0315 e. The van der Waals surface area contributed by atoms with Crippen LogP contribution in [0.4, 0.5) is 0 Å². The predicted octanol–water partition coefficient (Wildman–Crippen LogP) is 3.76. The first-order valence-corrected chi connectivity index (χ1v) is 5.82. The monoisotopic (exact) mass is 209 g/mol. The fourth-order valence-electron chi connectivity index (χ4n) is 2.72. The minimum Gasteiger partial charge on any atom is -0.305 e. The standard InChI is InChI=1S/C15H15N/c1-10(16)11-6-7-15-13(8-11)9-12-4-2-3-5-14(12)15/h2-5,8,16H,6-7,9H2,1H3. The molecule has 1 aromatic carbocycles. The number of benzene rings is 1. The van der Waals surface area contributed by atoms with Gasteiger partial charge >= 0.3 is 0 Å². The summed E-state index contributed by atoms with van der Waals surface area (Å²) in [6.07, 6.45) is 5.43. The fourth-order valence-corrected chi connectivity index (χ4v) is 2.72. The van der Waals surface area contributed by atoms with E-state index in [0.29, 0.717) is 0 Å². The zero-order valence-corrected chi connectivity index (χ0v) is 9.51. The van der Waals surface area contributed by atoms with Crippen molar-refractivity contribution in [2.45, 2.75) is 26.2 Å². The molecule has 3 rings (SSSR count). The molecule has 0 saturated carbocycles. The smallest absolute Gasteiger partial charge is 0.0315 e. The summed E-state index contributed by atoms with van der Waals surface area (Å²) in [5, 5.41) is 7.71. The molecule has 0 bridgehead atoms. The number of allylic oxidation sites excluding steroid dienone is 4. The molecule has 1 aromatic rings. The molecular weight excluding hydrogens is 194 g/mol. The van der Waals surface area contributed by atoms with E-state index in [2.05, 4.69) is 30.3 Å². The van der Waals surface area contributed by atoms with Gasteiger partial charge in [-0.2, -0.15) is 0 Å². The molecule has 0 unspecified atom stereocenters. The third-order valence-electron chi connectivity index (χ3n) is 3.59. The van der Waals surface area contributed by atoms with Crippen LogP contribution < -0.4 is 0 Å². The van der Waals surface area contributed by atoms with E-state index >= 15 is 0 Å². The van der Waals surface area contributed by atoms with Gasteiger partial charge in [0.25, 0.3) is 0 Å². The van der Waals surface area contributed by atoms with Crippen molar-refractivity contribution >= 4 is 11.3 Å². The average molecular weight is 209 g/mol. The highest BCUT2D eigenvalue weighted by Crippen LogP contribution is 2.40. The molecule has 0 saturated heterocycles. The van der Waals surface area contributed by atoms with Crippen LogP contribution in [-0.4, -0.2) is 5.71 Å². The van der Waals surface area contributed by atoms with E-state index < -0.39 is 0 Å². The van der Waals surface area contributed by atoms with E-state index in [4.69, 9.17) is 5.41 Å². The summed E-state index contributed by atoms with van der Waals surface area (Å²) >= 11 is 0. The normalized spacial score (nSPS) is 17.9. The molecule has 0 amide bonds. The largest absolute Gasteiger partial charge is 0.305 e. The zero-order valence-electron chi connectivity index (χ0n) is 9.51. The number of nitrogens with one attached hydrogen (secondary N) is 1. The van der Waals surface area contributed by atoms with Crippen LogP contribution in [0.2, 0.25) is 0 Å². The van der Waals surface area contributed by atoms with Gasteiger partial charge in [0.1, 0.15) is 0 Å². The molecule has 80 valence electrons. The van der Waals surface area contributed by atoms with Crippen LogP contribution >= 0.6 is 0 Å². The molecular formula is C15H15N. The highest BCUT2D eigenvalue weighted by atomic mass is 14.4. The Balaban J connectivity index is 2.06. The summed E-state index contributed by atoms with van der Waals surface area (Å²) in [6, 6.07) is 8.69. The van der Waals surface area contributed by atoms with E-state index in [-0.39, 0.29) is 0 Å². The number of fused-ring (bicyclic) bond motifs is 2. The topological polar surface area (TPSA) is 23.9 Å². The molecule has 0 heterocycles. The van der Waals surface area contributed by atoms with Crippen LogP contribution in [0.25, 0.3) is 5.57 Å². The minimum atomic E-state index is 0.725. The van der Waals surface area contributed by atoms with Gasteiger partial charge in [0, 0.05) is 5.71 Å². The molecule has 1 heteroatoms. The van der Waals surface area contributed by atoms with Gasteiger partial charge in [-0.1, -0.05) is 30.3 Å². The molecule has 16 heavy (non-hydrogen) atoms. The zero-order chi connectivity index (χ0) is 11.1. The van der Waals surface area contributed by atoms with Crippen LogP contribution in [0.1, 0.15) is 30.9 Å². The fraction of sp³-hybridized carbons (Fsp3) is 0.267. The van der Waals surface area contributed by atoms with Gasteiger partial charge in [-0.15, -0.1) is 0 Å². The second-order valence-electron chi connectivity index (χ2n) is 4.63. The maximum atomic E-state index is 7.71. The van der Waals surface area contributed by atoms with E-state index in [9.17, 15) is 0 Å². The minimum absolute atomic E-state index is 0.725. The van der Waals surface area contributed by atoms with Gasteiger partial charge in [-0.3, -0.25) is 0 Å². The van der Waals surface area contributed by atoms with Crippen molar-refractivity contribution in [2.75, 3.05) is 0 Å². The summed E-state index contributed by atoms with van der Waals surface area (Å²) in [4.78, 5) is 0. The van der Waals surface area contributed by atoms with Gasteiger partial charge in [0.2, 0.25) is 0 Å². The Labute approximate surface area is 96.0 Å². The van der Waals surface area contributed by atoms with Gasteiger partial charge < -0.3 is 5.41 Å². The molecule has 1 N–H and O–H groups in total. The second kappa shape index (κ2) is 3.44. The number of hydrogen-bond donors (Lipinski definition) is 1. The Morgan fingerprint density at radius 2 is 2.00 bits per heavy atom. The molecule has 0 fully saturated rings. The van der Waals surface area contributed by atoms with Gasteiger partial charge in [-0.05, 0) is 54.0 Å². The lowest BCUT2D eigenvalue weighted by Gasteiger charge is -2.15. The van der Waals surface area contributed by atoms with Crippen molar-refractivity contribution in [2.24, 2.45) is 0 Å². The van der Waals surface area contributed by atoms with E-state index in [0.717, 1.165) is 25.0 Å². The van der Waals surface area contributed by atoms with Gasteiger partial charge in [-0.25, -0.2) is 0 Å². The van der Waals surface area contributed by atoms with Crippen molar-refractivity contribution in [3.05, 3.63) is 52.6 Å². The molecule has 2 aliphatic rings. The summed E-state index contributed by atoms with van der Waals surface area (Å²) in [7, 11) is 0.